The van der Waals surface area contributed by atoms with Crippen LogP contribution in [0, 0.1) is 0 Å². The number of carboxylic acids is 2. The largest absolute Gasteiger partial charge is 1.00 e. The molecule has 0 aliphatic carbocycles. The predicted octanol–water partition coefficient (Wildman–Crippen LogP) is -7.47. The molecule has 1 heterocycles. The van der Waals surface area contributed by atoms with Crippen molar-refractivity contribution in [3.05, 3.63) is 35.5 Å². The molecule has 132 valence electrons. The average Bonchev–Trinajstić information content (AvgIpc) is 2.51. The van der Waals surface area contributed by atoms with Crippen molar-refractivity contribution in [3.8, 4) is 11.5 Å². The number of aromatic hydroxyl groups is 1. The molecule has 0 unspecified atom stereocenters. The van der Waals surface area contributed by atoms with Crippen molar-refractivity contribution in [2.45, 2.75) is 0 Å². The van der Waals surface area contributed by atoms with Crippen LogP contribution in [0.15, 0.2) is 24.4 Å². The summed E-state index contributed by atoms with van der Waals surface area (Å²) in [6.45, 7) is 0. The Morgan fingerprint density at radius 3 is 1.88 bits per heavy atom. The molecule has 0 radical (unpaired) electrons. The van der Waals surface area contributed by atoms with Crippen molar-refractivity contribution in [3.63, 3.8) is 0 Å². The Bertz CT molecular complexity index is 762. The van der Waals surface area contributed by atoms with Crippen molar-refractivity contribution in [1.29, 1.82) is 0 Å². The number of anilines is 3. The summed E-state index contributed by atoms with van der Waals surface area (Å²) in [6.07, 6.45) is 1.54. The Morgan fingerprint density at radius 1 is 1.00 bits per heavy atom. The molecule has 0 saturated carbocycles. The van der Waals surface area contributed by atoms with Gasteiger partial charge in [-0.05, 0) is 17.9 Å². The zero-order valence-corrected chi connectivity index (χ0v) is 20.4. The zero-order chi connectivity index (χ0) is 18.6. The SMILES string of the molecule is Nc1cc[n+](N)c(N)c1N.O=C(O)c1ccc(C(=O)O)c(O)c1[O-].[H-].[H-].[K+].[K+]. The van der Waals surface area contributed by atoms with Crippen LogP contribution >= 0.6 is 0 Å². The van der Waals surface area contributed by atoms with Crippen LogP contribution in [0.4, 0.5) is 17.2 Å². The van der Waals surface area contributed by atoms with Crippen LogP contribution in [-0.2, 0) is 0 Å². The van der Waals surface area contributed by atoms with Gasteiger partial charge in [0.25, 0.3) is 0 Å². The molecular weight excluding hydrogens is 400 g/mol. The van der Waals surface area contributed by atoms with E-state index in [9.17, 15) is 14.7 Å². The number of benzene rings is 1. The Labute approximate surface area is 235 Å². The Morgan fingerprint density at radius 2 is 1.46 bits per heavy atom. The molecule has 0 aliphatic heterocycles. The summed E-state index contributed by atoms with van der Waals surface area (Å²) in [5.74, 6) is 0.367. The second-order valence-corrected chi connectivity index (χ2v) is 4.43. The van der Waals surface area contributed by atoms with Gasteiger partial charge in [0.05, 0.1) is 11.3 Å². The fraction of sp³-hybridized carbons (Fsp3) is 0. The number of hydrogen-bond acceptors (Lipinski definition) is 8. The first-order valence-electron chi connectivity index (χ1n) is 6.17. The van der Waals surface area contributed by atoms with Crippen molar-refractivity contribution in [1.82, 2.24) is 0 Å². The van der Waals surface area contributed by atoms with Gasteiger partial charge in [0, 0.05) is 6.07 Å². The molecule has 2 aromatic rings. The summed E-state index contributed by atoms with van der Waals surface area (Å²) < 4.78 is 1.21. The molecule has 0 fully saturated rings. The van der Waals surface area contributed by atoms with Crippen LogP contribution < -0.4 is 136 Å². The molecule has 1 aromatic carbocycles. The second kappa shape index (κ2) is 12.0. The molecule has 13 heteroatoms. The fourth-order valence-corrected chi connectivity index (χ4v) is 1.53. The predicted molar refractivity (Wildman–Crippen MR) is 83.7 cm³/mol. The molecule has 0 bridgehead atoms. The summed E-state index contributed by atoms with van der Waals surface area (Å²) in [6, 6.07) is 3.29. The van der Waals surface area contributed by atoms with Crippen LogP contribution in [0.25, 0.3) is 0 Å². The van der Waals surface area contributed by atoms with E-state index < -0.39 is 34.6 Å². The third-order valence-electron chi connectivity index (χ3n) is 2.87. The van der Waals surface area contributed by atoms with Crippen LogP contribution in [0.5, 0.6) is 11.5 Å². The number of nitrogen functional groups attached to an aromatic ring is 4. The van der Waals surface area contributed by atoms with E-state index in [4.69, 9.17) is 38.4 Å². The van der Waals surface area contributed by atoms with Gasteiger partial charge >= 0.3 is 121 Å². The molecule has 11 N–H and O–H groups in total. The monoisotopic (exact) mass is 417 g/mol. The molecule has 0 saturated heterocycles. The summed E-state index contributed by atoms with van der Waals surface area (Å²) >= 11 is 0. The summed E-state index contributed by atoms with van der Waals surface area (Å²) in [5.41, 5.74) is 15.8. The molecule has 1 aromatic heterocycles. The van der Waals surface area contributed by atoms with Gasteiger partial charge in [0.1, 0.15) is 23.2 Å². The van der Waals surface area contributed by atoms with Gasteiger partial charge in [0.15, 0.2) is 0 Å². The minimum absolute atomic E-state index is 0. The third-order valence-corrected chi connectivity index (χ3v) is 2.87. The van der Waals surface area contributed by atoms with Crippen molar-refractivity contribution < 1.29 is 140 Å². The number of hydrogen-bond donors (Lipinski definition) is 7. The van der Waals surface area contributed by atoms with E-state index >= 15 is 0 Å². The molecule has 0 atom stereocenters. The van der Waals surface area contributed by atoms with Crippen LogP contribution in [-0.4, -0.2) is 27.3 Å². The molecule has 11 nitrogen and oxygen atoms in total. The van der Waals surface area contributed by atoms with E-state index in [1.165, 1.54) is 4.68 Å². The molecular formula is C13H17K2N5O6. The van der Waals surface area contributed by atoms with Crippen LogP contribution in [0.2, 0.25) is 0 Å². The van der Waals surface area contributed by atoms with Crippen molar-refractivity contribution in [2.24, 2.45) is 0 Å². The number of nitrogens with two attached hydrogens (primary N) is 4. The number of pyridine rings is 1. The van der Waals surface area contributed by atoms with E-state index in [-0.39, 0.29) is 111 Å². The van der Waals surface area contributed by atoms with Crippen LogP contribution in [0.1, 0.15) is 23.6 Å². The fourth-order valence-electron chi connectivity index (χ4n) is 1.53. The third kappa shape index (κ3) is 6.84. The van der Waals surface area contributed by atoms with E-state index in [1.54, 1.807) is 12.3 Å². The molecule has 0 spiro atoms. The minimum atomic E-state index is -1.51. The molecule has 2 rings (SSSR count). The van der Waals surface area contributed by atoms with E-state index in [0.29, 0.717) is 11.4 Å². The van der Waals surface area contributed by atoms with Gasteiger partial charge in [-0.25, -0.2) is 9.59 Å². The van der Waals surface area contributed by atoms with Gasteiger partial charge in [-0.2, -0.15) is 0 Å². The van der Waals surface area contributed by atoms with Crippen molar-refractivity contribution >= 4 is 29.1 Å². The van der Waals surface area contributed by atoms with Gasteiger partial charge in [-0.1, -0.05) is 0 Å². The summed E-state index contributed by atoms with van der Waals surface area (Å²) in [4.78, 5) is 20.8. The maximum atomic E-state index is 11.0. The second-order valence-electron chi connectivity index (χ2n) is 4.43. The van der Waals surface area contributed by atoms with Gasteiger partial charge in [-0.3, -0.25) is 11.6 Å². The first-order chi connectivity index (χ1) is 11.1. The first-order valence-corrected chi connectivity index (χ1v) is 6.17. The quantitative estimate of drug-likeness (QED) is 0.139. The molecule has 0 aliphatic rings. The normalized spacial score (nSPS) is 8.92. The van der Waals surface area contributed by atoms with E-state index in [0.717, 1.165) is 12.1 Å². The maximum Gasteiger partial charge on any atom is 1.00 e. The number of nitrogens with zero attached hydrogens (tertiary/aromatic N) is 1. The van der Waals surface area contributed by atoms with Crippen molar-refractivity contribution in [2.75, 3.05) is 23.0 Å². The summed E-state index contributed by atoms with van der Waals surface area (Å²) in [5, 5.41) is 37.0. The number of carboxylic acid groups (broad SMARTS) is 2. The van der Waals surface area contributed by atoms with Gasteiger partial charge in [-0.15, -0.1) is 4.68 Å². The average molecular weight is 418 g/mol. The molecule has 0 amide bonds. The smallest absolute Gasteiger partial charge is 1.00 e. The standard InChI is InChI=1S/C8H6O6.C5H9N5.2K.2H/c9-5-3(7(11)12)1-2-4(6(5)10)8(13)14;6-3-1-2-10(9)5(8)4(3)7;;;;/h1-2,9-10H,(H,11,12)(H,13,14);1-2H,7,9H2,(H3,6,8);;;;/q;;2*+1;2*-1. The van der Waals surface area contributed by atoms with Gasteiger partial charge < -0.3 is 34.7 Å². The molecule has 26 heavy (non-hydrogen) atoms. The van der Waals surface area contributed by atoms with Gasteiger partial charge in [0.2, 0.25) is 0 Å². The Hall–Kier alpha value is -0.617. The van der Waals surface area contributed by atoms with E-state index in [2.05, 4.69) is 0 Å². The Balaban J connectivity index is -0.000000187. The first kappa shape index (κ1) is 27.6. The summed E-state index contributed by atoms with van der Waals surface area (Å²) in [7, 11) is 0. The maximum absolute atomic E-state index is 11.0. The Kier molecular flexibility index (Phi) is 12.7. The number of carbonyl (C=O) groups is 2. The van der Waals surface area contributed by atoms with E-state index in [1.807, 2.05) is 0 Å². The minimum Gasteiger partial charge on any atom is -1.00 e. The number of phenols is 1. The topological polar surface area (TPSA) is 226 Å². The number of aromatic nitrogens is 1. The zero-order valence-electron chi connectivity index (χ0n) is 16.1. The number of aromatic carboxylic acids is 2. The van der Waals surface area contributed by atoms with Crippen LogP contribution in [0.3, 0.4) is 0 Å². The number of rotatable bonds is 2.